The van der Waals surface area contributed by atoms with E-state index in [2.05, 4.69) is 10.6 Å². The van der Waals surface area contributed by atoms with E-state index in [0.29, 0.717) is 15.7 Å². The number of nitrogens with one attached hydrogen (secondary N) is 2. The van der Waals surface area contributed by atoms with Crippen LogP contribution in [0.2, 0.25) is 10.0 Å². The predicted octanol–water partition coefficient (Wildman–Crippen LogP) is 4.24. The van der Waals surface area contributed by atoms with E-state index in [1.54, 1.807) is 37.3 Å². The normalized spacial score (nSPS) is 13.3. The second-order valence-electron chi connectivity index (χ2n) is 4.87. The Balaban J connectivity index is 1.95. The molecule has 22 heavy (non-hydrogen) atoms. The molecule has 0 radical (unpaired) electrons. The summed E-state index contributed by atoms with van der Waals surface area (Å²) in [5.41, 5.74) is 1.26. The van der Waals surface area contributed by atoms with Gasteiger partial charge in [0.15, 0.2) is 0 Å². The lowest BCUT2D eigenvalue weighted by Gasteiger charge is -2.21. The van der Waals surface area contributed by atoms with Crippen LogP contribution in [0, 0.1) is 0 Å². The van der Waals surface area contributed by atoms with E-state index in [0.717, 1.165) is 5.56 Å². The van der Waals surface area contributed by atoms with Crippen LogP contribution < -0.4 is 10.6 Å². The highest BCUT2D eigenvalue weighted by Crippen LogP contribution is 2.25. The molecule has 6 heteroatoms. The molecule has 0 saturated carbocycles. The van der Waals surface area contributed by atoms with Crippen molar-refractivity contribution in [3.05, 3.63) is 64.1 Å². The van der Waals surface area contributed by atoms with Crippen LogP contribution in [-0.2, 0) is 0 Å². The Kier molecular flexibility index (Phi) is 5.66. The molecule has 3 N–H and O–H groups in total. The Bertz CT molecular complexity index is 650. The van der Waals surface area contributed by atoms with Crippen molar-refractivity contribution < 1.29 is 9.90 Å². The van der Waals surface area contributed by atoms with Crippen LogP contribution in [0.3, 0.4) is 0 Å². The van der Waals surface area contributed by atoms with Gasteiger partial charge in [0.1, 0.15) is 0 Å². The third kappa shape index (κ3) is 4.37. The number of carbonyl (C=O) groups excluding carboxylic acids is 1. The quantitative estimate of drug-likeness (QED) is 0.780. The number of anilines is 1. The van der Waals surface area contributed by atoms with Gasteiger partial charge >= 0.3 is 6.03 Å². The second kappa shape index (κ2) is 7.49. The molecule has 2 rings (SSSR count). The summed E-state index contributed by atoms with van der Waals surface area (Å²) in [5.74, 6) is 0. The monoisotopic (exact) mass is 338 g/mol. The summed E-state index contributed by atoms with van der Waals surface area (Å²) in [5, 5.41) is 16.3. The zero-order valence-electron chi connectivity index (χ0n) is 11.9. The average Bonchev–Trinajstić information content (AvgIpc) is 2.51. The Morgan fingerprint density at radius 2 is 1.77 bits per heavy atom. The highest BCUT2D eigenvalue weighted by Gasteiger charge is 2.18. The van der Waals surface area contributed by atoms with Gasteiger partial charge < -0.3 is 15.7 Å². The van der Waals surface area contributed by atoms with E-state index < -0.39 is 18.2 Å². The van der Waals surface area contributed by atoms with Gasteiger partial charge in [-0.05, 0) is 30.7 Å². The fraction of sp³-hybridized carbons (Fsp3) is 0.188. The average molecular weight is 339 g/mol. The predicted molar refractivity (Wildman–Crippen MR) is 89.5 cm³/mol. The van der Waals surface area contributed by atoms with Crippen LogP contribution in [0.5, 0.6) is 0 Å². The van der Waals surface area contributed by atoms with Crippen molar-refractivity contribution >= 4 is 34.9 Å². The molecular weight excluding hydrogens is 323 g/mol. The van der Waals surface area contributed by atoms with Gasteiger partial charge in [-0.25, -0.2) is 4.79 Å². The summed E-state index contributed by atoms with van der Waals surface area (Å²) in [6.07, 6.45) is -0.791. The number of aliphatic hydroxyl groups is 1. The molecule has 116 valence electrons. The highest BCUT2D eigenvalue weighted by molar-refractivity contribution is 6.42. The first-order valence-corrected chi connectivity index (χ1v) is 7.48. The van der Waals surface area contributed by atoms with Crippen molar-refractivity contribution in [3.63, 3.8) is 0 Å². The lowest BCUT2D eigenvalue weighted by Crippen LogP contribution is -2.39. The molecule has 0 bridgehead atoms. The molecule has 0 spiro atoms. The third-order valence-corrected chi connectivity index (χ3v) is 3.89. The summed E-state index contributed by atoms with van der Waals surface area (Å²) in [4.78, 5) is 11.9. The lowest BCUT2D eigenvalue weighted by molar-refractivity contribution is 0.139. The van der Waals surface area contributed by atoms with Crippen LogP contribution >= 0.6 is 23.2 Å². The number of hydrogen-bond donors (Lipinski definition) is 3. The molecule has 0 unspecified atom stereocenters. The smallest absolute Gasteiger partial charge is 0.319 e. The Labute approximate surface area is 139 Å². The molecule has 0 aliphatic heterocycles. The molecular formula is C16H16Cl2N2O2. The zero-order chi connectivity index (χ0) is 16.1. The van der Waals surface area contributed by atoms with Gasteiger partial charge in [-0.15, -0.1) is 0 Å². The topological polar surface area (TPSA) is 61.4 Å². The van der Waals surface area contributed by atoms with Crippen LogP contribution in [-0.4, -0.2) is 17.2 Å². The minimum Gasteiger partial charge on any atom is -0.386 e. The molecule has 2 amide bonds. The standard InChI is InChI=1S/C16H16Cl2N2O2/c1-10(15(21)11-5-3-2-4-6-11)19-16(22)20-12-7-8-13(17)14(18)9-12/h2-10,15,21H,1H3,(H2,19,20,22)/t10-,15+/m1/s1. The first kappa shape index (κ1) is 16.6. The first-order chi connectivity index (χ1) is 10.5. The molecule has 0 heterocycles. The molecule has 2 aromatic rings. The largest absolute Gasteiger partial charge is 0.386 e. The van der Waals surface area contributed by atoms with E-state index in [1.807, 2.05) is 18.2 Å². The zero-order valence-corrected chi connectivity index (χ0v) is 13.4. The minimum absolute atomic E-state index is 0.358. The van der Waals surface area contributed by atoms with Gasteiger partial charge in [-0.3, -0.25) is 0 Å². The lowest BCUT2D eigenvalue weighted by atomic mass is 10.0. The van der Waals surface area contributed by atoms with E-state index in [1.165, 1.54) is 0 Å². The van der Waals surface area contributed by atoms with Crippen molar-refractivity contribution in [3.8, 4) is 0 Å². The fourth-order valence-electron chi connectivity index (χ4n) is 1.97. The van der Waals surface area contributed by atoms with Gasteiger partial charge in [0.2, 0.25) is 0 Å². The van der Waals surface area contributed by atoms with Crippen molar-refractivity contribution in [2.75, 3.05) is 5.32 Å². The maximum atomic E-state index is 11.9. The van der Waals surface area contributed by atoms with Crippen molar-refractivity contribution in [1.29, 1.82) is 0 Å². The van der Waals surface area contributed by atoms with Gasteiger partial charge in [0.25, 0.3) is 0 Å². The number of aliphatic hydroxyl groups excluding tert-OH is 1. The minimum atomic E-state index is -0.791. The molecule has 4 nitrogen and oxygen atoms in total. The SMILES string of the molecule is C[C@@H](NC(=O)Nc1ccc(Cl)c(Cl)c1)[C@H](O)c1ccccc1. The van der Waals surface area contributed by atoms with Crippen LogP contribution in [0.4, 0.5) is 10.5 Å². The van der Waals surface area contributed by atoms with E-state index >= 15 is 0 Å². The number of rotatable bonds is 4. The number of urea groups is 1. The molecule has 0 aromatic heterocycles. The summed E-state index contributed by atoms with van der Waals surface area (Å²) in [6.45, 7) is 1.73. The fourth-order valence-corrected chi connectivity index (χ4v) is 2.26. The third-order valence-electron chi connectivity index (χ3n) is 3.15. The summed E-state index contributed by atoms with van der Waals surface area (Å²) < 4.78 is 0. The first-order valence-electron chi connectivity index (χ1n) is 6.73. The maximum Gasteiger partial charge on any atom is 0.319 e. The highest BCUT2D eigenvalue weighted by atomic mass is 35.5. The number of benzene rings is 2. The van der Waals surface area contributed by atoms with Crippen LogP contribution in [0.15, 0.2) is 48.5 Å². The van der Waals surface area contributed by atoms with E-state index in [9.17, 15) is 9.90 Å². The maximum absolute atomic E-state index is 11.9. The number of amides is 2. The molecule has 0 fully saturated rings. The van der Waals surface area contributed by atoms with E-state index in [4.69, 9.17) is 23.2 Å². The number of halogens is 2. The van der Waals surface area contributed by atoms with Crippen LogP contribution in [0.25, 0.3) is 0 Å². The van der Waals surface area contributed by atoms with Gasteiger partial charge in [-0.1, -0.05) is 53.5 Å². The molecule has 2 aromatic carbocycles. The second-order valence-corrected chi connectivity index (χ2v) is 5.69. The van der Waals surface area contributed by atoms with Crippen molar-refractivity contribution in [2.45, 2.75) is 19.1 Å². The molecule has 0 aliphatic rings. The Morgan fingerprint density at radius 3 is 2.41 bits per heavy atom. The molecule has 2 atom stereocenters. The van der Waals surface area contributed by atoms with Gasteiger partial charge in [0.05, 0.1) is 22.2 Å². The Hall–Kier alpha value is -1.75. The molecule has 0 aliphatic carbocycles. The van der Waals surface area contributed by atoms with Gasteiger partial charge in [0, 0.05) is 5.69 Å². The number of hydrogen-bond acceptors (Lipinski definition) is 2. The summed E-state index contributed by atoms with van der Waals surface area (Å²) >= 11 is 11.7. The number of carbonyl (C=O) groups is 1. The molecule has 0 saturated heterocycles. The van der Waals surface area contributed by atoms with E-state index in [-0.39, 0.29) is 0 Å². The van der Waals surface area contributed by atoms with Crippen molar-refractivity contribution in [1.82, 2.24) is 5.32 Å². The summed E-state index contributed by atoms with van der Waals surface area (Å²) in [6, 6.07) is 13.1. The Morgan fingerprint density at radius 1 is 1.09 bits per heavy atom. The van der Waals surface area contributed by atoms with Crippen LogP contribution in [0.1, 0.15) is 18.6 Å². The van der Waals surface area contributed by atoms with Crippen molar-refractivity contribution in [2.24, 2.45) is 0 Å². The van der Waals surface area contributed by atoms with Gasteiger partial charge in [-0.2, -0.15) is 0 Å². The summed E-state index contributed by atoms with van der Waals surface area (Å²) in [7, 11) is 0.